The zero-order chi connectivity index (χ0) is 24.7. The molecule has 1 unspecified atom stereocenters. The predicted octanol–water partition coefficient (Wildman–Crippen LogP) is 5.77. The van der Waals surface area contributed by atoms with Gasteiger partial charge in [-0.15, -0.1) is 0 Å². The molecule has 0 radical (unpaired) electrons. The number of aryl methyl sites for hydroxylation is 1. The lowest BCUT2D eigenvalue weighted by Gasteiger charge is -2.19. The second-order valence-corrected chi connectivity index (χ2v) is 9.43. The van der Waals surface area contributed by atoms with Crippen LogP contribution in [0.2, 0.25) is 0 Å². The van der Waals surface area contributed by atoms with Gasteiger partial charge < -0.3 is 9.32 Å². The summed E-state index contributed by atoms with van der Waals surface area (Å²) in [6.07, 6.45) is 3.19. The molecule has 1 amide bonds. The van der Waals surface area contributed by atoms with Gasteiger partial charge in [0.15, 0.2) is 5.78 Å². The number of alkyl halides is 1. The fourth-order valence-corrected chi connectivity index (χ4v) is 4.83. The van der Waals surface area contributed by atoms with Crippen molar-refractivity contribution in [3.8, 4) is 17.2 Å². The number of ketones is 1. The van der Waals surface area contributed by atoms with Gasteiger partial charge in [-0.2, -0.15) is 5.26 Å². The second-order valence-electron chi connectivity index (χ2n) is 9.43. The number of aromatic nitrogens is 1. The molecule has 176 valence electrons. The van der Waals surface area contributed by atoms with Gasteiger partial charge >= 0.3 is 0 Å². The van der Waals surface area contributed by atoms with Gasteiger partial charge in [0.25, 0.3) is 0 Å². The molecular weight excluding hydrogens is 445 g/mol. The maximum Gasteiger partial charge on any atom is 0.224 e. The van der Waals surface area contributed by atoms with Gasteiger partial charge in [-0.1, -0.05) is 18.2 Å². The van der Waals surface area contributed by atoms with Crippen molar-refractivity contribution < 1.29 is 18.4 Å². The maximum absolute atomic E-state index is 14.3. The minimum Gasteiger partial charge on any atom is -0.464 e. The van der Waals surface area contributed by atoms with Gasteiger partial charge in [0, 0.05) is 41.8 Å². The molecule has 1 fully saturated rings. The molecule has 6 nitrogen and oxygen atoms in total. The van der Waals surface area contributed by atoms with Crippen LogP contribution in [0, 0.1) is 18.3 Å². The average Bonchev–Trinajstić information content (AvgIpc) is 3.39. The summed E-state index contributed by atoms with van der Waals surface area (Å²) in [4.78, 5) is 31.5. The van der Waals surface area contributed by atoms with Gasteiger partial charge in [-0.25, -0.2) is 4.39 Å². The van der Waals surface area contributed by atoms with Crippen molar-refractivity contribution >= 4 is 33.6 Å². The van der Waals surface area contributed by atoms with Crippen molar-refractivity contribution in [1.29, 1.82) is 5.26 Å². The molecule has 3 heterocycles. The van der Waals surface area contributed by atoms with E-state index < -0.39 is 11.7 Å². The third-order valence-corrected chi connectivity index (χ3v) is 6.67. The molecule has 0 aliphatic carbocycles. The highest BCUT2D eigenvalue weighted by Crippen LogP contribution is 2.32. The second kappa shape index (κ2) is 8.62. The first-order valence-electron chi connectivity index (χ1n) is 11.5. The lowest BCUT2D eigenvalue weighted by Crippen LogP contribution is -2.36. The molecule has 35 heavy (non-hydrogen) atoms. The number of nitrogens with zero attached hydrogens (tertiary/aromatic N) is 3. The normalized spacial score (nSPS) is 19.8. The van der Waals surface area contributed by atoms with Gasteiger partial charge in [-0.3, -0.25) is 14.6 Å². The topological polar surface area (TPSA) is 87.2 Å². The molecule has 1 aliphatic rings. The summed E-state index contributed by atoms with van der Waals surface area (Å²) in [7, 11) is 0. The fourth-order valence-electron chi connectivity index (χ4n) is 4.83. The van der Waals surface area contributed by atoms with Crippen LogP contribution >= 0.6 is 0 Å². The average molecular weight is 470 g/mol. The molecule has 2 atom stereocenters. The van der Waals surface area contributed by atoms with E-state index in [4.69, 9.17) is 4.42 Å². The van der Waals surface area contributed by atoms with E-state index in [9.17, 15) is 19.2 Å². The molecule has 5 rings (SSSR count). The van der Waals surface area contributed by atoms with Gasteiger partial charge in [0.2, 0.25) is 5.91 Å². The van der Waals surface area contributed by atoms with Crippen molar-refractivity contribution in [3.05, 3.63) is 66.1 Å². The van der Waals surface area contributed by atoms with Crippen molar-refractivity contribution in [2.75, 3.05) is 6.54 Å². The van der Waals surface area contributed by atoms with E-state index in [1.165, 1.54) is 11.8 Å². The number of halogens is 1. The van der Waals surface area contributed by atoms with Crippen LogP contribution in [0.3, 0.4) is 0 Å². The molecule has 0 spiro atoms. The van der Waals surface area contributed by atoms with E-state index in [0.29, 0.717) is 16.5 Å². The van der Waals surface area contributed by atoms with Crippen LogP contribution in [0.4, 0.5) is 4.39 Å². The molecule has 0 N–H and O–H groups in total. The first-order valence-corrected chi connectivity index (χ1v) is 11.5. The summed E-state index contributed by atoms with van der Waals surface area (Å²) in [6.45, 7) is 3.26. The summed E-state index contributed by atoms with van der Waals surface area (Å²) in [5, 5.41) is 11.0. The first kappa shape index (κ1) is 22.7. The van der Waals surface area contributed by atoms with E-state index in [-0.39, 0.29) is 37.5 Å². The molecule has 0 saturated carbocycles. The molecule has 1 saturated heterocycles. The minimum atomic E-state index is -1.59. The lowest BCUT2D eigenvalue weighted by atomic mass is 9.97. The van der Waals surface area contributed by atoms with Crippen molar-refractivity contribution in [1.82, 2.24) is 9.88 Å². The number of hydrogen-bond donors (Lipinski definition) is 0. The highest BCUT2D eigenvalue weighted by Gasteiger charge is 2.43. The monoisotopic (exact) mass is 469 g/mol. The van der Waals surface area contributed by atoms with Crippen LogP contribution in [-0.4, -0.2) is 39.8 Å². The summed E-state index contributed by atoms with van der Waals surface area (Å²) in [5.74, 6) is -0.580. The smallest absolute Gasteiger partial charge is 0.224 e. The highest BCUT2D eigenvalue weighted by molar-refractivity contribution is 6.08. The molecule has 1 aliphatic heterocycles. The third kappa shape index (κ3) is 4.28. The number of Topliss-reactive ketones (excluding diaryl/α,β-unsaturated/α-hetero) is 1. The van der Waals surface area contributed by atoms with Crippen LogP contribution in [0.25, 0.3) is 33.0 Å². The molecular formula is C28H24FN3O3. The first-order chi connectivity index (χ1) is 16.8. The Hall–Kier alpha value is -4.05. The Labute approximate surface area is 202 Å². The molecule has 7 heteroatoms. The number of benzene rings is 2. The van der Waals surface area contributed by atoms with Gasteiger partial charge in [-0.05, 0) is 54.8 Å². The summed E-state index contributed by atoms with van der Waals surface area (Å²) in [6, 6.07) is 14.6. The van der Waals surface area contributed by atoms with E-state index in [0.717, 1.165) is 27.7 Å². The Morgan fingerprint density at radius 1 is 1.17 bits per heavy atom. The zero-order valence-corrected chi connectivity index (χ0v) is 19.5. The number of amides is 1. The highest BCUT2D eigenvalue weighted by atomic mass is 19.1. The number of nitriles is 1. The standard InChI is InChI=1S/C28H24FN3O3/c1-17-15-35-26-12-19(3-5-21(17)26)18-4-6-24-23(11-18)22(9-10-31-24)25(33)7-8-27(34)32-16-28(2,29)13-20(32)14-30/h3-6,9-12,15,20H,7-8,13,16H2,1-2H3/t20-,28?/m0/s1. The predicted molar refractivity (Wildman–Crippen MR) is 130 cm³/mol. The van der Waals surface area contributed by atoms with Crippen LogP contribution in [0.5, 0.6) is 0 Å². The Morgan fingerprint density at radius 3 is 2.74 bits per heavy atom. The fraction of sp³-hybridized carbons (Fsp3) is 0.286. The van der Waals surface area contributed by atoms with E-state index in [1.807, 2.05) is 49.4 Å². The number of carbonyl (C=O) groups is 2. The summed E-state index contributed by atoms with van der Waals surface area (Å²) < 4.78 is 20.0. The third-order valence-electron chi connectivity index (χ3n) is 6.67. The van der Waals surface area contributed by atoms with Crippen LogP contribution in [-0.2, 0) is 4.79 Å². The van der Waals surface area contributed by atoms with Gasteiger partial charge in [0.05, 0.1) is 24.4 Å². The van der Waals surface area contributed by atoms with Crippen molar-refractivity contribution in [2.45, 2.75) is 44.8 Å². The Morgan fingerprint density at radius 2 is 1.94 bits per heavy atom. The number of pyridine rings is 1. The number of rotatable bonds is 5. The molecule has 4 aromatic rings. The van der Waals surface area contributed by atoms with Crippen molar-refractivity contribution in [2.24, 2.45) is 0 Å². The van der Waals surface area contributed by atoms with Crippen molar-refractivity contribution in [3.63, 3.8) is 0 Å². The maximum atomic E-state index is 14.3. The van der Waals surface area contributed by atoms with E-state index in [1.54, 1.807) is 18.5 Å². The number of furan rings is 1. The molecule has 0 bridgehead atoms. The van der Waals surface area contributed by atoms with Crippen LogP contribution in [0.15, 0.2) is 59.3 Å². The quantitative estimate of drug-likeness (QED) is 0.346. The zero-order valence-electron chi connectivity index (χ0n) is 19.5. The number of fused-ring (bicyclic) bond motifs is 2. The SMILES string of the molecule is Cc1coc2cc(-c3ccc4nccc(C(=O)CCC(=O)N5CC(C)(F)C[C@H]5C#N)c4c3)ccc12. The van der Waals surface area contributed by atoms with Crippen LogP contribution in [0.1, 0.15) is 42.1 Å². The Kier molecular flexibility index (Phi) is 5.60. The molecule has 2 aromatic carbocycles. The largest absolute Gasteiger partial charge is 0.464 e. The molecule has 2 aromatic heterocycles. The van der Waals surface area contributed by atoms with Crippen LogP contribution < -0.4 is 0 Å². The van der Waals surface area contributed by atoms with E-state index in [2.05, 4.69) is 4.98 Å². The van der Waals surface area contributed by atoms with Gasteiger partial charge in [0.1, 0.15) is 17.3 Å². The Balaban J connectivity index is 1.39. The number of carbonyl (C=O) groups excluding carboxylic acids is 2. The number of likely N-dealkylation sites (tertiary alicyclic amines) is 1. The number of hydrogen-bond acceptors (Lipinski definition) is 5. The van der Waals surface area contributed by atoms with E-state index >= 15 is 0 Å². The summed E-state index contributed by atoms with van der Waals surface area (Å²) >= 11 is 0. The lowest BCUT2D eigenvalue weighted by molar-refractivity contribution is -0.131. The Bertz CT molecular complexity index is 1520. The minimum absolute atomic E-state index is 0.00960. The summed E-state index contributed by atoms with van der Waals surface area (Å²) in [5.41, 5.74) is 3.31.